The van der Waals surface area contributed by atoms with Gasteiger partial charge < -0.3 is 16.0 Å². The van der Waals surface area contributed by atoms with Crippen LogP contribution < -0.4 is 16.0 Å². The number of hydrogen-bond donors (Lipinski definition) is 3. The number of rotatable bonds is 7. The highest BCUT2D eigenvalue weighted by molar-refractivity contribution is 6.04. The van der Waals surface area contributed by atoms with Crippen LogP contribution in [0.4, 0.5) is 10.1 Å². The molecule has 3 N–H and O–H groups in total. The average molecular weight is 439 g/mol. The summed E-state index contributed by atoms with van der Waals surface area (Å²) in [4.78, 5) is 39.3. The summed E-state index contributed by atoms with van der Waals surface area (Å²) in [5.41, 5.74) is 1.41. The Bertz CT molecular complexity index is 983. The second-order valence-corrected chi connectivity index (χ2v) is 8.37. The molecule has 0 spiro atoms. The third kappa shape index (κ3) is 5.91. The van der Waals surface area contributed by atoms with Gasteiger partial charge in [-0.15, -0.1) is 0 Å². The molecule has 0 bridgehead atoms. The smallest absolute Gasteiger partial charge is 0.253 e. The number of benzene rings is 2. The fraction of sp³-hybridized carbons (Fsp3) is 0.375. The number of carbonyl (C=O) groups is 3. The summed E-state index contributed by atoms with van der Waals surface area (Å²) in [7, 11) is 0. The first-order chi connectivity index (χ1) is 15.5. The average Bonchev–Trinajstić information content (AvgIpc) is 3.60. The molecule has 4 rings (SSSR count). The van der Waals surface area contributed by atoms with Crippen LogP contribution in [0.5, 0.6) is 0 Å². The quantitative estimate of drug-likeness (QED) is 0.620. The number of para-hydroxylation sites is 1. The SMILES string of the molecule is O=C(CN1CCC(NC(=O)c2ccc(F)cc2)CC1)Nc1ccccc1C(=O)NC1CC1. The third-order valence-corrected chi connectivity index (χ3v) is 5.75. The van der Waals surface area contributed by atoms with Gasteiger partial charge in [-0.3, -0.25) is 19.3 Å². The van der Waals surface area contributed by atoms with Gasteiger partial charge in [-0.05, 0) is 62.1 Å². The molecular formula is C24H27FN4O3. The Morgan fingerprint density at radius 2 is 1.47 bits per heavy atom. The van der Waals surface area contributed by atoms with E-state index >= 15 is 0 Å². The van der Waals surface area contributed by atoms with Gasteiger partial charge in [-0.1, -0.05) is 12.1 Å². The lowest BCUT2D eigenvalue weighted by Crippen LogP contribution is -2.46. The minimum Gasteiger partial charge on any atom is -0.349 e. The third-order valence-electron chi connectivity index (χ3n) is 5.75. The Balaban J connectivity index is 1.24. The van der Waals surface area contributed by atoms with E-state index in [-0.39, 0.29) is 42.2 Å². The molecule has 1 aliphatic carbocycles. The number of amides is 3. The van der Waals surface area contributed by atoms with E-state index in [4.69, 9.17) is 0 Å². The van der Waals surface area contributed by atoms with Crippen molar-refractivity contribution in [3.05, 3.63) is 65.5 Å². The van der Waals surface area contributed by atoms with Crippen molar-refractivity contribution in [2.75, 3.05) is 25.0 Å². The molecule has 1 saturated carbocycles. The van der Waals surface area contributed by atoms with Crippen LogP contribution in [0.2, 0.25) is 0 Å². The van der Waals surface area contributed by atoms with Gasteiger partial charge in [0.25, 0.3) is 11.8 Å². The van der Waals surface area contributed by atoms with Crippen LogP contribution in [0.3, 0.4) is 0 Å². The zero-order valence-corrected chi connectivity index (χ0v) is 17.8. The molecule has 2 fully saturated rings. The van der Waals surface area contributed by atoms with Gasteiger partial charge in [0, 0.05) is 30.7 Å². The first kappa shape index (κ1) is 22.0. The maximum atomic E-state index is 13.0. The normalized spacial score (nSPS) is 16.9. The Kier molecular flexibility index (Phi) is 6.80. The van der Waals surface area contributed by atoms with E-state index in [0.717, 1.165) is 25.7 Å². The molecule has 2 aromatic rings. The molecular weight excluding hydrogens is 411 g/mol. The molecule has 0 unspecified atom stereocenters. The van der Waals surface area contributed by atoms with Gasteiger partial charge in [0.15, 0.2) is 0 Å². The maximum absolute atomic E-state index is 13.0. The number of likely N-dealkylation sites (tertiary alicyclic amines) is 1. The van der Waals surface area contributed by atoms with E-state index in [0.29, 0.717) is 29.9 Å². The van der Waals surface area contributed by atoms with Gasteiger partial charge in [0.2, 0.25) is 5.91 Å². The zero-order chi connectivity index (χ0) is 22.5. The van der Waals surface area contributed by atoms with Crippen molar-refractivity contribution in [3.8, 4) is 0 Å². The van der Waals surface area contributed by atoms with Gasteiger partial charge >= 0.3 is 0 Å². The summed E-state index contributed by atoms with van der Waals surface area (Å²) in [6.45, 7) is 1.56. The lowest BCUT2D eigenvalue weighted by atomic mass is 10.0. The monoisotopic (exact) mass is 438 g/mol. The van der Waals surface area contributed by atoms with Crippen molar-refractivity contribution in [2.24, 2.45) is 0 Å². The summed E-state index contributed by atoms with van der Waals surface area (Å²) in [6, 6.07) is 12.7. The topological polar surface area (TPSA) is 90.5 Å². The van der Waals surface area contributed by atoms with Crippen LogP contribution >= 0.6 is 0 Å². The predicted octanol–water partition coefficient (Wildman–Crippen LogP) is 2.55. The lowest BCUT2D eigenvalue weighted by molar-refractivity contribution is -0.117. The predicted molar refractivity (Wildman–Crippen MR) is 119 cm³/mol. The van der Waals surface area contributed by atoms with Crippen molar-refractivity contribution in [2.45, 2.75) is 37.8 Å². The number of carbonyl (C=O) groups excluding carboxylic acids is 3. The summed E-state index contributed by atoms with van der Waals surface area (Å²) in [6.07, 6.45) is 3.45. The van der Waals surface area contributed by atoms with Crippen LogP contribution in [0, 0.1) is 5.82 Å². The van der Waals surface area contributed by atoms with Crippen molar-refractivity contribution >= 4 is 23.4 Å². The van der Waals surface area contributed by atoms with Crippen LogP contribution in [0.15, 0.2) is 48.5 Å². The Morgan fingerprint density at radius 1 is 0.844 bits per heavy atom. The molecule has 2 aliphatic rings. The fourth-order valence-corrected chi connectivity index (χ4v) is 3.78. The standard InChI is InChI=1S/C24H27FN4O3/c25-17-7-5-16(6-8-17)23(31)26-19-11-13-29(14-12-19)15-22(30)28-21-4-2-1-3-20(21)24(32)27-18-9-10-18/h1-8,18-19H,9-15H2,(H,26,31)(H,27,32)(H,28,30). The first-order valence-corrected chi connectivity index (χ1v) is 11.0. The van der Waals surface area contributed by atoms with E-state index in [1.165, 1.54) is 24.3 Å². The molecule has 3 amide bonds. The molecule has 2 aromatic carbocycles. The molecule has 8 heteroatoms. The number of nitrogens with one attached hydrogen (secondary N) is 3. The molecule has 0 atom stereocenters. The fourth-order valence-electron chi connectivity index (χ4n) is 3.78. The molecule has 0 aromatic heterocycles. The van der Waals surface area contributed by atoms with E-state index in [1.54, 1.807) is 24.3 Å². The first-order valence-electron chi connectivity index (χ1n) is 11.0. The van der Waals surface area contributed by atoms with E-state index in [9.17, 15) is 18.8 Å². The van der Waals surface area contributed by atoms with Crippen LogP contribution in [-0.2, 0) is 4.79 Å². The van der Waals surface area contributed by atoms with Crippen molar-refractivity contribution in [1.29, 1.82) is 0 Å². The van der Waals surface area contributed by atoms with Gasteiger partial charge in [-0.25, -0.2) is 4.39 Å². The molecule has 1 saturated heterocycles. The summed E-state index contributed by atoms with van der Waals surface area (Å²) in [5.74, 6) is -0.937. The molecule has 1 aliphatic heterocycles. The molecule has 0 radical (unpaired) electrons. The molecule has 32 heavy (non-hydrogen) atoms. The highest BCUT2D eigenvalue weighted by Crippen LogP contribution is 2.21. The summed E-state index contributed by atoms with van der Waals surface area (Å²) < 4.78 is 13.0. The summed E-state index contributed by atoms with van der Waals surface area (Å²) >= 11 is 0. The van der Waals surface area contributed by atoms with Gasteiger partial charge in [-0.2, -0.15) is 0 Å². The maximum Gasteiger partial charge on any atom is 0.253 e. The minimum atomic E-state index is -0.376. The zero-order valence-electron chi connectivity index (χ0n) is 17.8. The second-order valence-electron chi connectivity index (χ2n) is 8.37. The molecule has 7 nitrogen and oxygen atoms in total. The molecule has 168 valence electrons. The number of anilines is 1. The van der Waals surface area contributed by atoms with Gasteiger partial charge in [0.1, 0.15) is 5.82 Å². The van der Waals surface area contributed by atoms with E-state index < -0.39 is 0 Å². The van der Waals surface area contributed by atoms with E-state index in [2.05, 4.69) is 16.0 Å². The lowest BCUT2D eigenvalue weighted by Gasteiger charge is -2.31. The number of piperidine rings is 1. The van der Waals surface area contributed by atoms with Crippen LogP contribution in [-0.4, -0.2) is 54.3 Å². The number of halogens is 1. The Hall–Kier alpha value is -3.26. The second kappa shape index (κ2) is 9.91. The number of hydrogen-bond acceptors (Lipinski definition) is 4. The van der Waals surface area contributed by atoms with Crippen molar-refractivity contribution < 1.29 is 18.8 Å². The van der Waals surface area contributed by atoms with E-state index in [1.807, 2.05) is 4.90 Å². The summed E-state index contributed by atoms with van der Waals surface area (Å²) in [5, 5.41) is 8.78. The molecule has 1 heterocycles. The van der Waals surface area contributed by atoms with Crippen LogP contribution in [0.25, 0.3) is 0 Å². The highest BCUT2D eigenvalue weighted by Gasteiger charge is 2.26. The van der Waals surface area contributed by atoms with Crippen molar-refractivity contribution in [1.82, 2.24) is 15.5 Å². The van der Waals surface area contributed by atoms with Crippen molar-refractivity contribution in [3.63, 3.8) is 0 Å². The van der Waals surface area contributed by atoms with Crippen LogP contribution in [0.1, 0.15) is 46.4 Å². The largest absolute Gasteiger partial charge is 0.349 e. The minimum absolute atomic E-state index is 0.0127. The number of nitrogens with zero attached hydrogens (tertiary/aromatic N) is 1. The Morgan fingerprint density at radius 3 is 2.16 bits per heavy atom. The van der Waals surface area contributed by atoms with Gasteiger partial charge in [0.05, 0.1) is 17.8 Å². The highest BCUT2D eigenvalue weighted by atomic mass is 19.1. The Labute approximate surface area is 186 Å².